The Morgan fingerprint density at radius 1 is 1.36 bits per heavy atom. The molecule has 1 fully saturated rings. The van der Waals surface area contributed by atoms with Gasteiger partial charge in [-0.05, 0) is 12.8 Å². The van der Waals surface area contributed by atoms with Crippen LogP contribution in [0.5, 0.6) is 0 Å². The number of methoxy groups -OCH3 is 2. The van der Waals surface area contributed by atoms with Crippen LogP contribution in [-0.2, 0) is 14.3 Å². The Morgan fingerprint density at radius 3 is 2.50 bits per heavy atom. The number of hydrogen-bond acceptors (Lipinski definition) is 4. The quantitative estimate of drug-likeness (QED) is 0.497. The number of piperidine rings is 1. The minimum Gasteiger partial charge on any atom is -0.466 e. The molecule has 0 aromatic carbocycles. The summed E-state index contributed by atoms with van der Waals surface area (Å²) in [7, 11) is 3.12. The topological polar surface area (TPSA) is 38.8 Å². The standard InChI is InChI=1S/C10H17NO3/c1-13-9-3-6-11(7-4-9)8-5-10(12)14-2/h5,8-9H,3-4,6-7H2,1-2H3. The molecule has 0 aromatic rings. The zero-order valence-electron chi connectivity index (χ0n) is 8.73. The number of likely N-dealkylation sites (tertiary alicyclic amines) is 1. The third-order valence-corrected chi connectivity index (χ3v) is 2.43. The van der Waals surface area contributed by atoms with Crippen LogP contribution in [0.3, 0.4) is 0 Å². The molecule has 4 nitrogen and oxygen atoms in total. The molecule has 0 aromatic heterocycles. The lowest BCUT2D eigenvalue weighted by molar-refractivity contribution is -0.134. The lowest BCUT2D eigenvalue weighted by Gasteiger charge is -2.29. The maximum Gasteiger partial charge on any atom is 0.331 e. The van der Waals surface area contributed by atoms with Crippen molar-refractivity contribution in [1.29, 1.82) is 0 Å². The summed E-state index contributed by atoms with van der Waals surface area (Å²) in [5.41, 5.74) is 0. The van der Waals surface area contributed by atoms with Crippen molar-refractivity contribution in [3.8, 4) is 0 Å². The van der Waals surface area contributed by atoms with Gasteiger partial charge in [-0.2, -0.15) is 0 Å². The highest BCUT2D eigenvalue weighted by molar-refractivity contribution is 5.81. The second kappa shape index (κ2) is 5.65. The van der Waals surface area contributed by atoms with E-state index in [4.69, 9.17) is 4.74 Å². The van der Waals surface area contributed by atoms with Crippen LogP contribution in [0.25, 0.3) is 0 Å². The zero-order valence-corrected chi connectivity index (χ0v) is 8.73. The smallest absolute Gasteiger partial charge is 0.331 e. The first-order chi connectivity index (χ1) is 6.76. The summed E-state index contributed by atoms with van der Waals surface area (Å²) in [6, 6.07) is 0. The number of esters is 1. The van der Waals surface area contributed by atoms with Gasteiger partial charge in [0.05, 0.1) is 13.2 Å². The maximum atomic E-state index is 10.8. The third-order valence-electron chi connectivity index (χ3n) is 2.43. The Balaban J connectivity index is 2.28. The molecule has 0 spiro atoms. The molecular formula is C10H17NO3. The summed E-state index contributed by atoms with van der Waals surface area (Å²) >= 11 is 0. The summed E-state index contributed by atoms with van der Waals surface area (Å²) < 4.78 is 9.75. The van der Waals surface area contributed by atoms with E-state index < -0.39 is 0 Å². The Labute approximate surface area is 84.5 Å². The van der Waals surface area contributed by atoms with E-state index in [9.17, 15) is 4.79 Å². The molecule has 1 saturated heterocycles. The van der Waals surface area contributed by atoms with Crippen LogP contribution in [0.4, 0.5) is 0 Å². The highest BCUT2D eigenvalue weighted by atomic mass is 16.5. The van der Waals surface area contributed by atoms with Gasteiger partial charge in [-0.3, -0.25) is 0 Å². The zero-order chi connectivity index (χ0) is 10.4. The number of carbonyl (C=O) groups excluding carboxylic acids is 1. The molecule has 1 rings (SSSR count). The maximum absolute atomic E-state index is 10.8. The molecule has 0 unspecified atom stereocenters. The normalized spacial score (nSPS) is 18.9. The Morgan fingerprint density at radius 2 is 2.00 bits per heavy atom. The van der Waals surface area contributed by atoms with Crippen molar-refractivity contribution in [3.63, 3.8) is 0 Å². The molecule has 14 heavy (non-hydrogen) atoms. The van der Waals surface area contributed by atoms with Gasteiger partial charge in [0, 0.05) is 32.5 Å². The molecule has 0 bridgehead atoms. The van der Waals surface area contributed by atoms with E-state index in [0.29, 0.717) is 6.10 Å². The van der Waals surface area contributed by atoms with E-state index in [2.05, 4.69) is 9.64 Å². The Bertz CT molecular complexity index is 207. The molecule has 1 aliphatic rings. The average molecular weight is 199 g/mol. The largest absolute Gasteiger partial charge is 0.466 e. The van der Waals surface area contributed by atoms with Crippen LogP contribution >= 0.6 is 0 Å². The molecule has 1 heterocycles. The van der Waals surface area contributed by atoms with Crippen molar-refractivity contribution in [1.82, 2.24) is 4.90 Å². The second-order valence-electron chi connectivity index (χ2n) is 3.31. The third kappa shape index (κ3) is 3.38. The lowest BCUT2D eigenvalue weighted by atomic mass is 10.1. The number of ether oxygens (including phenoxy) is 2. The molecule has 0 atom stereocenters. The van der Waals surface area contributed by atoms with Gasteiger partial charge in [0.1, 0.15) is 0 Å². The summed E-state index contributed by atoms with van der Waals surface area (Å²) in [5, 5.41) is 0. The fraction of sp³-hybridized carbons (Fsp3) is 0.700. The highest BCUT2D eigenvalue weighted by Gasteiger charge is 2.15. The van der Waals surface area contributed by atoms with E-state index in [0.717, 1.165) is 25.9 Å². The predicted octanol–water partition coefficient (Wildman–Crippen LogP) is 0.784. The van der Waals surface area contributed by atoms with Crippen molar-refractivity contribution in [2.75, 3.05) is 27.3 Å². The molecule has 0 amide bonds. The first-order valence-corrected chi connectivity index (χ1v) is 4.79. The molecule has 80 valence electrons. The molecule has 1 aliphatic heterocycles. The van der Waals surface area contributed by atoms with Crippen molar-refractivity contribution < 1.29 is 14.3 Å². The SMILES string of the molecule is COC(=O)C=CN1CCC(OC)CC1. The monoisotopic (exact) mass is 199 g/mol. The molecular weight excluding hydrogens is 182 g/mol. The van der Waals surface area contributed by atoms with Gasteiger partial charge in [-0.15, -0.1) is 0 Å². The van der Waals surface area contributed by atoms with Gasteiger partial charge in [-0.1, -0.05) is 0 Å². The lowest BCUT2D eigenvalue weighted by Crippen LogP contribution is -2.33. The van der Waals surface area contributed by atoms with E-state index in [1.807, 2.05) is 0 Å². The second-order valence-corrected chi connectivity index (χ2v) is 3.31. The van der Waals surface area contributed by atoms with E-state index >= 15 is 0 Å². The van der Waals surface area contributed by atoms with E-state index in [-0.39, 0.29) is 5.97 Å². The summed E-state index contributed by atoms with van der Waals surface area (Å²) in [6.07, 6.45) is 5.65. The first kappa shape index (κ1) is 11.0. The predicted molar refractivity (Wildman–Crippen MR) is 52.8 cm³/mol. The van der Waals surface area contributed by atoms with E-state index in [1.165, 1.54) is 13.2 Å². The van der Waals surface area contributed by atoms with Crippen LogP contribution in [0.15, 0.2) is 12.3 Å². The summed E-state index contributed by atoms with van der Waals surface area (Å²) in [4.78, 5) is 12.9. The van der Waals surface area contributed by atoms with Crippen LogP contribution in [0, 0.1) is 0 Å². The van der Waals surface area contributed by atoms with Crippen molar-refractivity contribution in [2.24, 2.45) is 0 Å². The minimum absolute atomic E-state index is 0.307. The van der Waals surface area contributed by atoms with Gasteiger partial charge in [0.25, 0.3) is 0 Å². The van der Waals surface area contributed by atoms with Crippen LogP contribution < -0.4 is 0 Å². The van der Waals surface area contributed by atoms with Crippen LogP contribution in [-0.4, -0.2) is 44.3 Å². The minimum atomic E-state index is -0.307. The van der Waals surface area contributed by atoms with Gasteiger partial charge < -0.3 is 14.4 Å². The average Bonchev–Trinajstić information content (AvgIpc) is 2.26. The summed E-state index contributed by atoms with van der Waals surface area (Å²) in [5.74, 6) is -0.307. The van der Waals surface area contributed by atoms with Gasteiger partial charge >= 0.3 is 5.97 Å². The van der Waals surface area contributed by atoms with Crippen LogP contribution in [0.1, 0.15) is 12.8 Å². The number of hydrogen-bond donors (Lipinski definition) is 0. The highest BCUT2D eigenvalue weighted by Crippen LogP contribution is 2.12. The molecule has 0 N–H and O–H groups in total. The molecule has 0 saturated carbocycles. The number of nitrogens with zero attached hydrogens (tertiary/aromatic N) is 1. The Hall–Kier alpha value is -1.03. The van der Waals surface area contributed by atoms with Crippen molar-refractivity contribution in [3.05, 3.63) is 12.3 Å². The van der Waals surface area contributed by atoms with Crippen molar-refractivity contribution >= 4 is 5.97 Å². The fourth-order valence-electron chi connectivity index (χ4n) is 1.49. The molecule has 4 heteroatoms. The molecule has 0 radical (unpaired) electrons. The fourth-order valence-corrected chi connectivity index (χ4v) is 1.49. The van der Waals surface area contributed by atoms with Gasteiger partial charge in [0.15, 0.2) is 0 Å². The van der Waals surface area contributed by atoms with Crippen molar-refractivity contribution in [2.45, 2.75) is 18.9 Å². The first-order valence-electron chi connectivity index (χ1n) is 4.79. The van der Waals surface area contributed by atoms with E-state index in [1.54, 1.807) is 13.3 Å². The van der Waals surface area contributed by atoms with Gasteiger partial charge in [-0.25, -0.2) is 4.79 Å². The van der Waals surface area contributed by atoms with Gasteiger partial charge in [0.2, 0.25) is 0 Å². The summed E-state index contributed by atoms with van der Waals surface area (Å²) in [6.45, 7) is 1.87. The number of carbonyl (C=O) groups is 1. The van der Waals surface area contributed by atoms with Crippen LogP contribution in [0.2, 0.25) is 0 Å². The Kier molecular flexibility index (Phi) is 4.46. The number of rotatable bonds is 3. The molecule has 0 aliphatic carbocycles.